The van der Waals surface area contributed by atoms with Crippen LogP contribution in [0.4, 0.5) is 11.5 Å². The molecule has 0 aliphatic heterocycles. The van der Waals surface area contributed by atoms with E-state index in [4.69, 9.17) is 0 Å². The average Bonchev–Trinajstić information content (AvgIpc) is 3.45. The molecule has 184 valence electrons. The average molecular weight is 485 g/mol. The number of anilines is 2. The van der Waals surface area contributed by atoms with Crippen LogP contribution in [0.1, 0.15) is 56.8 Å². The number of aliphatic hydroxyl groups excluding tert-OH is 1. The highest BCUT2D eigenvalue weighted by Crippen LogP contribution is 2.28. The molecule has 3 atom stereocenters. The largest absolute Gasteiger partial charge is 0.391 e. The van der Waals surface area contributed by atoms with Gasteiger partial charge < -0.3 is 21.1 Å². The lowest BCUT2D eigenvalue weighted by Crippen LogP contribution is -2.27. The highest BCUT2D eigenvalue weighted by atomic mass is 16.3. The molecule has 9 nitrogen and oxygen atoms in total. The highest BCUT2D eigenvalue weighted by Gasteiger charge is 2.36. The number of benzene rings is 2. The predicted molar refractivity (Wildman–Crippen MR) is 136 cm³/mol. The van der Waals surface area contributed by atoms with Gasteiger partial charge in [-0.1, -0.05) is 36.4 Å². The van der Waals surface area contributed by atoms with Crippen LogP contribution in [-0.4, -0.2) is 43.7 Å². The highest BCUT2D eigenvalue weighted by molar-refractivity contribution is 5.99. The fourth-order valence-corrected chi connectivity index (χ4v) is 4.19. The van der Waals surface area contributed by atoms with Gasteiger partial charge in [0.15, 0.2) is 5.82 Å². The molecule has 2 heterocycles. The summed E-state index contributed by atoms with van der Waals surface area (Å²) in [6.07, 6.45) is 3.23. The maximum Gasteiger partial charge on any atom is 0.253 e. The first-order valence-electron chi connectivity index (χ1n) is 11.9. The Balaban J connectivity index is 1.41. The minimum absolute atomic E-state index is 0.155. The molecule has 4 N–H and O–H groups in total. The number of rotatable bonds is 7. The van der Waals surface area contributed by atoms with Crippen molar-refractivity contribution in [3.8, 4) is 0 Å². The number of fused-ring (bicyclic) bond motifs is 1. The number of aromatic nitrogens is 3. The van der Waals surface area contributed by atoms with Crippen LogP contribution in [0.2, 0.25) is 0 Å². The summed E-state index contributed by atoms with van der Waals surface area (Å²) in [4.78, 5) is 30.1. The molecule has 1 aliphatic rings. The number of nitrogens with zero attached hydrogens (tertiary/aromatic N) is 3. The summed E-state index contributed by atoms with van der Waals surface area (Å²) in [5.74, 6) is 0.0890. The number of aryl methyl sites for hydroxylation is 2. The van der Waals surface area contributed by atoms with Crippen LogP contribution in [0.5, 0.6) is 0 Å². The normalized spacial score (nSPS) is 17.4. The molecule has 2 aromatic heterocycles. The van der Waals surface area contributed by atoms with Crippen LogP contribution in [0, 0.1) is 13.8 Å². The van der Waals surface area contributed by atoms with Gasteiger partial charge in [-0.15, -0.1) is 0 Å². The molecule has 1 aliphatic carbocycles. The Morgan fingerprint density at radius 3 is 2.58 bits per heavy atom. The lowest BCUT2D eigenvalue weighted by molar-refractivity contribution is 0.0933. The summed E-state index contributed by atoms with van der Waals surface area (Å²) < 4.78 is 1.63. The molecule has 5 rings (SSSR count). The molecule has 36 heavy (non-hydrogen) atoms. The number of amides is 2. The number of hydrogen-bond donors (Lipinski definition) is 4. The van der Waals surface area contributed by atoms with Gasteiger partial charge in [-0.05, 0) is 56.0 Å². The van der Waals surface area contributed by atoms with E-state index in [-0.39, 0.29) is 23.9 Å². The fourth-order valence-electron chi connectivity index (χ4n) is 4.19. The number of carbonyl (C=O) groups is 2. The molecule has 9 heteroatoms. The smallest absolute Gasteiger partial charge is 0.253 e. The molecule has 0 spiro atoms. The lowest BCUT2D eigenvalue weighted by atomic mass is 10.1. The van der Waals surface area contributed by atoms with Gasteiger partial charge in [-0.25, -0.2) is 9.50 Å². The Morgan fingerprint density at radius 2 is 1.86 bits per heavy atom. The maximum absolute atomic E-state index is 13.1. The summed E-state index contributed by atoms with van der Waals surface area (Å²) in [5.41, 5.74) is 5.06. The van der Waals surface area contributed by atoms with Crippen molar-refractivity contribution in [1.82, 2.24) is 25.2 Å². The minimum Gasteiger partial charge on any atom is -0.391 e. The molecule has 1 fully saturated rings. The zero-order valence-corrected chi connectivity index (χ0v) is 20.3. The van der Waals surface area contributed by atoms with Gasteiger partial charge in [-0.2, -0.15) is 5.10 Å². The van der Waals surface area contributed by atoms with Gasteiger partial charge in [0.2, 0.25) is 0 Å². The van der Waals surface area contributed by atoms with E-state index < -0.39 is 6.10 Å². The summed E-state index contributed by atoms with van der Waals surface area (Å²) in [6.45, 7) is 5.74. The van der Waals surface area contributed by atoms with Crippen molar-refractivity contribution in [3.63, 3.8) is 0 Å². The molecular formula is C27H28N6O3. The van der Waals surface area contributed by atoms with Crippen molar-refractivity contribution in [2.24, 2.45) is 0 Å². The Kier molecular flexibility index (Phi) is 6.15. The minimum atomic E-state index is -0.467. The molecule has 2 aromatic carbocycles. The zero-order valence-electron chi connectivity index (χ0n) is 20.3. The molecule has 1 unspecified atom stereocenters. The van der Waals surface area contributed by atoms with Gasteiger partial charge >= 0.3 is 0 Å². The first-order chi connectivity index (χ1) is 17.3. The van der Waals surface area contributed by atoms with Crippen LogP contribution >= 0.6 is 0 Å². The molecule has 4 aromatic rings. The number of aliphatic hydroxyl groups is 1. The first-order valence-corrected chi connectivity index (χ1v) is 11.9. The van der Waals surface area contributed by atoms with Crippen molar-refractivity contribution in [1.29, 1.82) is 0 Å². The van der Waals surface area contributed by atoms with Crippen LogP contribution in [0.25, 0.3) is 5.52 Å². The van der Waals surface area contributed by atoms with E-state index in [0.717, 1.165) is 16.7 Å². The van der Waals surface area contributed by atoms with Crippen LogP contribution in [0.3, 0.4) is 0 Å². The quantitative estimate of drug-likeness (QED) is 0.319. The second kappa shape index (κ2) is 9.43. The van der Waals surface area contributed by atoms with Crippen LogP contribution in [-0.2, 0) is 0 Å². The molecule has 0 saturated heterocycles. The maximum atomic E-state index is 13.1. The van der Waals surface area contributed by atoms with Crippen molar-refractivity contribution in [2.75, 3.05) is 5.32 Å². The van der Waals surface area contributed by atoms with E-state index in [1.54, 1.807) is 22.8 Å². The van der Waals surface area contributed by atoms with Gasteiger partial charge in [0.05, 0.1) is 23.8 Å². The van der Waals surface area contributed by atoms with E-state index in [1.165, 1.54) is 6.33 Å². The number of carbonyl (C=O) groups excluding carboxylic acids is 2. The van der Waals surface area contributed by atoms with Gasteiger partial charge in [0.1, 0.15) is 11.8 Å². The summed E-state index contributed by atoms with van der Waals surface area (Å²) in [5, 5.41) is 23.0. The van der Waals surface area contributed by atoms with E-state index >= 15 is 0 Å². The molecule has 2 amide bonds. The SMILES string of the molecule is Cc1ccc(C(=O)NC2C[C@@H]2O)cc1Nc1ncnn2cc(C(=O)N[C@@H](C)c3ccccc3)c(C)c12. The zero-order chi connectivity index (χ0) is 25.4. The van der Waals surface area contributed by atoms with Crippen molar-refractivity contribution >= 4 is 28.8 Å². The number of hydrogen-bond acceptors (Lipinski definition) is 6. The van der Waals surface area contributed by atoms with E-state index in [1.807, 2.05) is 57.2 Å². The predicted octanol–water partition coefficient (Wildman–Crippen LogP) is 3.44. The second-order valence-corrected chi connectivity index (χ2v) is 9.21. The Hall–Kier alpha value is -4.24. The lowest BCUT2D eigenvalue weighted by Gasteiger charge is -2.14. The van der Waals surface area contributed by atoms with Gasteiger partial charge in [0, 0.05) is 17.4 Å². The Bertz CT molecular complexity index is 1450. The second-order valence-electron chi connectivity index (χ2n) is 9.21. The molecule has 0 radical (unpaired) electrons. The third-order valence-corrected chi connectivity index (χ3v) is 6.54. The third-order valence-electron chi connectivity index (χ3n) is 6.54. The van der Waals surface area contributed by atoms with E-state index in [0.29, 0.717) is 34.6 Å². The van der Waals surface area contributed by atoms with Crippen molar-refractivity contribution in [3.05, 3.63) is 88.9 Å². The van der Waals surface area contributed by atoms with Gasteiger partial charge in [0.25, 0.3) is 11.8 Å². The fraction of sp³-hybridized carbons (Fsp3) is 0.259. The topological polar surface area (TPSA) is 121 Å². The van der Waals surface area contributed by atoms with E-state index in [9.17, 15) is 14.7 Å². The third kappa shape index (κ3) is 4.65. The molecular weight excluding hydrogens is 456 g/mol. The van der Waals surface area contributed by atoms with Crippen LogP contribution < -0.4 is 16.0 Å². The summed E-state index contributed by atoms with van der Waals surface area (Å²) in [6, 6.07) is 14.8. The summed E-state index contributed by atoms with van der Waals surface area (Å²) >= 11 is 0. The summed E-state index contributed by atoms with van der Waals surface area (Å²) in [7, 11) is 0. The van der Waals surface area contributed by atoms with Crippen molar-refractivity contribution < 1.29 is 14.7 Å². The Labute approximate surface area is 208 Å². The van der Waals surface area contributed by atoms with Gasteiger partial charge in [-0.3, -0.25) is 9.59 Å². The van der Waals surface area contributed by atoms with Crippen LogP contribution in [0.15, 0.2) is 61.1 Å². The first kappa shape index (κ1) is 23.5. The standard InChI is InChI=1S/C27H28N6O3/c1-15-9-10-19(26(35)32-22-12-23(22)34)11-21(15)31-25-24-16(2)20(13-33(24)29-14-28-25)27(36)30-17(3)18-7-5-4-6-8-18/h4-11,13-14,17,22-23,34H,12H2,1-3H3,(H,30,36)(H,32,35)(H,28,29,31)/t17-,22?,23-/m0/s1. The monoisotopic (exact) mass is 484 g/mol. The molecule has 1 saturated carbocycles. The van der Waals surface area contributed by atoms with E-state index in [2.05, 4.69) is 26.0 Å². The Morgan fingerprint density at radius 1 is 1.11 bits per heavy atom. The number of nitrogens with one attached hydrogen (secondary N) is 3. The molecule has 0 bridgehead atoms. The van der Waals surface area contributed by atoms with Crippen molar-refractivity contribution in [2.45, 2.75) is 45.4 Å².